The number of benzene rings is 5. The van der Waals surface area contributed by atoms with Gasteiger partial charge in [-0.2, -0.15) is 4.31 Å². The second-order valence-electron chi connectivity index (χ2n) is 9.60. The second-order valence-corrected chi connectivity index (χ2v) is 11.4. The number of rotatable bonds is 10. The zero-order chi connectivity index (χ0) is 33.0. The summed E-state index contributed by atoms with van der Waals surface area (Å²) < 4.78 is 40.0. The molecule has 5 aromatic carbocycles. The van der Waals surface area contributed by atoms with Gasteiger partial charge in [-0.15, -0.1) is 0 Å². The highest BCUT2D eigenvalue weighted by Gasteiger charge is 2.34. The van der Waals surface area contributed by atoms with Crippen LogP contribution in [-0.4, -0.2) is 36.7 Å². The van der Waals surface area contributed by atoms with Crippen LogP contribution in [0.1, 0.15) is 27.6 Å². The quantitative estimate of drug-likeness (QED) is 0.0727. The van der Waals surface area contributed by atoms with E-state index in [-0.39, 0.29) is 49.6 Å². The predicted octanol–water partition coefficient (Wildman–Crippen LogP) is 6.31. The number of nitro groups is 2. The molecule has 46 heavy (non-hydrogen) atoms. The van der Waals surface area contributed by atoms with Crippen LogP contribution in [0.4, 0.5) is 17.1 Å². The molecule has 0 N–H and O–H groups in total. The number of esters is 1. The van der Waals surface area contributed by atoms with Crippen LogP contribution in [0.3, 0.4) is 0 Å². The van der Waals surface area contributed by atoms with Crippen LogP contribution < -0.4 is 13.8 Å². The molecule has 5 aromatic rings. The van der Waals surface area contributed by atoms with E-state index in [0.717, 1.165) is 36.4 Å². The van der Waals surface area contributed by atoms with Crippen molar-refractivity contribution >= 4 is 49.7 Å². The summed E-state index contributed by atoms with van der Waals surface area (Å²) in [4.78, 5) is 47.6. The number of amides is 1. The molecule has 0 unspecified atom stereocenters. The van der Waals surface area contributed by atoms with E-state index < -0.39 is 31.7 Å². The monoisotopic (exact) mass is 641 g/mol. The molecular formula is C32H23N3O10S. The van der Waals surface area contributed by atoms with Crippen LogP contribution in [-0.2, 0) is 10.0 Å². The average Bonchev–Trinajstić information content (AvgIpc) is 3.06. The number of non-ortho nitro benzene ring substituents is 2. The van der Waals surface area contributed by atoms with E-state index >= 15 is 0 Å². The number of anilines is 1. The number of nitrogens with zero attached hydrogens (tertiary/aromatic N) is 3. The largest absolute Gasteiger partial charge is 0.494 e. The zero-order valence-corrected chi connectivity index (χ0v) is 24.7. The molecule has 0 bridgehead atoms. The molecule has 1 amide bonds. The summed E-state index contributed by atoms with van der Waals surface area (Å²) in [7, 11) is -4.61. The molecule has 0 aliphatic heterocycles. The summed E-state index contributed by atoms with van der Waals surface area (Å²) in [5.74, 6) is -1.37. The van der Waals surface area contributed by atoms with Gasteiger partial charge >= 0.3 is 5.97 Å². The van der Waals surface area contributed by atoms with Gasteiger partial charge in [0.2, 0.25) is 0 Å². The van der Waals surface area contributed by atoms with Crippen molar-refractivity contribution in [1.29, 1.82) is 0 Å². The molecule has 0 aliphatic rings. The number of fused-ring (bicyclic) bond motifs is 1. The van der Waals surface area contributed by atoms with Crippen LogP contribution >= 0.6 is 0 Å². The lowest BCUT2D eigenvalue weighted by Gasteiger charge is -2.25. The van der Waals surface area contributed by atoms with Crippen molar-refractivity contribution in [2.45, 2.75) is 11.8 Å². The predicted molar refractivity (Wildman–Crippen MR) is 167 cm³/mol. The van der Waals surface area contributed by atoms with Crippen LogP contribution in [0.15, 0.2) is 114 Å². The summed E-state index contributed by atoms with van der Waals surface area (Å²) in [6.45, 7) is 2.12. The van der Waals surface area contributed by atoms with E-state index in [1.807, 2.05) is 0 Å². The summed E-state index contributed by atoms with van der Waals surface area (Å²) in [6, 6.07) is 23.7. The van der Waals surface area contributed by atoms with E-state index in [2.05, 4.69) is 0 Å². The number of sulfonamides is 1. The number of hydrogen-bond donors (Lipinski definition) is 0. The Kier molecular flexibility index (Phi) is 8.73. The van der Waals surface area contributed by atoms with E-state index in [0.29, 0.717) is 16.7 Å². The first kappa shape index (κ1) is 31.3. The number of carbonyl (C=O) groups excluding carboxylic acids is 2. The van der Waals surface area contributed by atoms with Crippen LogP contribution in [0.2, 0.25) is 0 Å². The third-order valence-corrected chi connectivity index (χ3v) is 8.49. The van der Waals surface area contributed by atoms with Gasteiger partial charge in [0.1, 0.15) is 11.5 Å². The first-order chi connectivity index (χ1) is 22.0. The van der Waals surface area contributed by atoms with Gasteiger partial charge in [-0.1, -0.05) is 24.3 Å². The zero-order valence-electron chi connectivity index (χ0n) is 23.9. The van der Waals surface area contributed by atoms with Crippen molar-refractivity contribution in [3.05, 3.63) is 141 Å². The van der Waals surface area contributed by atoms with Crippen molar-refractivity contribution < 1.29 is 37.3 Å². The Hall–Kier alpha value is -6.15. The molecule has 0 saturated carbocycles. The molecule has 232 valence electrons. The van der Waals surface area contributed by atoms with Gasteiger partial charge in [-0.05, 0) is 67.6 Å². The molecule has 0 aromatic heterocycles. The Labute approximate surface area is 261 Å². The Morgan fingerprint density at radius 3 is 1.80 bits per heavy atom. The van der Waals surface area contributed by atoms with Crippen molar-refractivity contribution in [3.63, 3.8) is 0 Å². The molecule has 13 nitrogen and oxygen atoms in total. The van der Waals surface area contributed by atoms with Gasteiger partial charge in [-0.25, -0.2) is 13.2 Å². The Balaban J connectivity index is 1.62. The lowest BCUT2D eigenvalue weighted by Crippen LogP contribution is -2.37. The highest BCUT2D eigenvalue weighted by Crippen LogP contribution is 2.38. The number of nitro benzene ring substituents is 2. The summed E-state index contributed by atoms with van der Waals surface area (Å²) >= 11 is 0. The second kappa shape index (κ2) is 12.8. The molecule has 0 fully saturated rings. The topological polar surface area (TPSA) is 176 Å². The number of hydrogen-bond acceptors (Lipinski definition) is 10. The van der Waals surface area contributed by atoms with Crippen molar-refractivity contribution in [2.24, 2.45) is 0 Å². The molecule has 0 heterocycles. The maximum absolute atomic E-state index is 14.2. The highest BCUT2D eigenvalue weighted by molar-refractivity contribution is 7.93. The molecule has 0 saturated heterocycles. The molecule has 0 spiro atoms. The van der Waals surface area contributed by atoms with Gasteiger partial charge in [0.05, 0.1) is 32.6 Å². The van der Waals surface area contributed by atoms with Crippen LogP contribution in [0.25, 0.3) is 10.8 Å². The normalized spacial score (nSPS) is 11.1. The minimum absolute atomic E-state index is 0.0314. The Morgan fingerprint density at radius 1 is 0.717 bits per heavy atom. The Morgan fingerprint density at radius 2 is 1.26 bits per heavy atom. The van der Waals surface area contributed by atoms with Gasteiger partial charge < -0.3 is 9.47 Å². The van der Waals surface area contributed by atoms with Gasteiger partial charge in [-0.3, -0.25) is 25.0 Å². The molecule has 0 radical (unpaired) electrons. The third-order valence-electron chi connectivity index (χ3n) is 6.78. The first-order valence-electron chi connectivity index (χ1n) is 13.6. The Bertz CT molecular complexity index is 2080. The fourth-order valence-corrected chi connectivity index (χ4v) is 6.00. The molecule has 0 atom stereocenters. The number of carbonyl (C=O) groups is 2. The van der Waals surface area contributed by atoms with Crippen LogP contribution in [0, 0.1) is 20.2 Å². The highest BCUT2D eigenvalue weighted by atomic mass is 32.2. The smallest absolute Gasteiger partial charge is 0.343 e. The fourth-order valence-electron chi connectivity index (χ4n) is 4.57. The van der Waals surface area contributed by atoms with E-state index in [1.54, 1.807) is 25.1 Å². The number of ether oxygens (including phenoxy) is 2. The minimum Gasteiger partial charge on any atom is -0.494 e. The summed E-state index contributed by atoms with van der Waals surface area (Å²) in [6.07, 6.45) is 0. The van der Waals surface area contributed by atoms with Gasteiger partial charge in [0.15, 0.2) is 0 Å². The van der Waals surface area contributed by atoms with E-state index in [9.17, 15) is 38.2 Å². The van der Waals surface area contributed by atoms with Crippen molar-refractivity contribution in [3.8, 4) is 11.5 Å². The van der Waals surface area contributed by atoms with Crippen molar-refractivity contribution in [1.82, 2.24) is 0 Å². The van der Waals surface area contributed by atoms with Gasteiger partial charge in [0, 0.05) is 40.6 Å². The van der Waals surface area contributed by atoms with Crippen molar-refractivity contribution in [2.75, 3.05) is 10.9 Å². The van der Waals surface area contributed by atoms with E-state index in [4.69, 9.17) is 9.47 Å². The molecule has 0 aliphatic carbocycles. The maximum Gasteiger partial charge on any atom is 0.343 e. The lowest BCUT2D eigenvalue weighted by atomic mass is 10.1. The minimum atomic E-state index is -4.61. The summed E-state index contributed by atoms with van der Waals surface area (Å²) in [5.41, 5.74) is -0.687. The average molecular weight is 642 g/mol. The first-order valence-corrected chi connectivity index (χ1v) is 15.0. The molecule has 14 heteroatoms. The third kappa shape index (κ3) is 6.23. The van der Waals surface area contributed by atoms with Crippen LogP contribution in [0.5, 0.6) is 11.5 Å². The molecular weight excluding hydrogens is 618 g/mol. The fraction of sp³-hybridized carbons (Fsp3) is 0.0625. The summed E-state index contributed by atoms with van der Waals surface area (Å²) in [5, 5.41) is 22.7. The van der Waals surface area contributed by atoms with E-state index in [1.165, 1.54) is 54.6 Å². The maximum atomic E-state index is 14.2. The molecule has 5 rings (SSSR count). The SMILES string of the molecule is CCOc1ccc(S(=O)(=O)N(C(=O)c2ccc([N+](=O)[O-])cc2)c2ccc(OC(=O)c3ccc([N+](=O)[O-])cc3)c3ccccc23)cc1. The standard InChI is InChI=1S/C32H23N3O10S/c1-2-44-25-15-17-26(18-16-25)46(42,43)33(31(36)21-7-11-23(12-8-21)34(38)39)29-19-20-30(28-6-4-3-5-27(28)29)45-32(37)22-9-13-24(14-10-22)35(40)41/h3-20H,2H2,1H3. The lowest BCUT2D eigenvalue weighted by molar-refractivity contribution is -0.385. The van der Waals surface area contributed by atoms with Gasteiger partial charge in [0.25, 0.3) is 27.3 Å².